The molecule has 38 heavy (non-hydrogen) atoms. The third kappa shape index (κ3) is 4.66. The number of benzene rings is 1. The minimum Gasteiger partial charge on any atom is -0.358 e. The number of alkyl halides is 2. The number of piperidine rings is 1. The fourth-order valence-electron chi connectivity index (χ4n) is 7.26. The van der Waals surface area contributed by atoms with Crippen LogP contribution in [0.25, 0.3) is 0 Å². The maximum absolute atomic E-state index is 13.4. The van der Waals surface area contributed by atoms with E-state index in [4.69, 9.17) is 4.98 Å². The molecule has 1 spiro atoms. The van der Waals surface area contributed by atoms with Gasteiger partial charge in [0.2, 0.25) is 0 Å². The highest BCUT2D eigenvalue weighted by molar-refractivity contribution is 5.69. The molecule has 1 N–H and O–H groups in total. The van der Waals surface area contributed by atoms with Crippen LogP contribution in [0.3, 0.4) is 0 Å². The smallest absolute Gasteiger partial charge is 0.263 e. The SMILES string of the molecule is C=C1CCc2cc(CCCN3CCC4(CC3)C(=C)Nc3ccc(C(F)F)cc34)cnc2N1CC1CC(C)C1. The zero-order valence-electron chi connectivity index (χ0n) is 22.6. The quantitative estimate of drug-likeness (QED) is 0.419. The lowest BCUT2D eigenvalue weighted by Gasteiger charge is -2.40. The van der Waals surface area contributed by atoms with Crippen molar-refractivity contribution in [2.24, 2.45) is 11.8 Å². The third-order valence-electron chi connectivity index (χ3n) is 9.56. The first-order chi connectivity index (χ1) is 18.3. The van der Waals surface area contributed by atoms with Gasteiger partial charge in [-0.3, -0.25) is 0 Å². The molecule has 1 aromatic carbocycles. The second-order valence-electron chi connectivity index (χ2n) is 12.2. The summed E-state index contributed by atoms with van der Waals surface area (Å²) < 4.78 is 26.8. The molecule has 3 aliphatic heterocycles. The van der Waals surface area contributed by atoms with Crippen LogP contribution in [0.1, 0.15) is 74.1 Å². The first-order valence-corrected chi connectivity index (χ1v) is 14.4. The summed E-state index contributed by atoms with van der Waals surface area (Å²) in [6.07, 6.45) is 8.28. The van der Waals surface area contributed by atoms with Crippen LogP contribution in [0.2, 0.25) is 0 Å². The van der Waals surface area contributed by atoms with E-state index in [-0.39, 0.29) is 11.0 Å². The number of allylic oxidation sites excluding steroid dienone is 2. The summed E-state index contributed by atoms with van der Waals surface area (Å²) in [4.78, 5) is 9.83. The van der Waals surface area contributed by atoms with E-state index < -0.39 is 6.43 Å². The molecule has 6 heteroatoms. The van der Waals surface area contributed by atoms with Crippen molar-refractivity contribution in [2.75, 3.05) is 36.4 Å². The van der Waals surface area contributed by atoms with E-state index >= 15 is 0 Å². The van der Waals surface area contributed by atoms with Crippen LogP contribution in [0, 0.1) is 11.8 Å². The van der Waals surface area contributed by atoms with Crippen LogP contribution in [-0.4, -0.2) is 36.1 Å². The van der Waals surface area contributed by atoms with Crippen molar-refractivity contribution in [3.8, 4) is 0 Å². The van der Waals surface area contributed by atoms with Crippen LogP contribution in [0.15, 0.2) is 55.0 Å². The molecule has 2 aromatic rings. The van der Waals surface area contributed by atoms with Crippen molar-refractivity contribution in [3.63, 3.8) is 0 Å². The number of anilines is 2. The largest absolute Gasteiger partial charge is 0.358 e. The number of pyridine rings is 1. The Morgan fingerprint density at radius 1 is 1.13 bits per heavy atom. The number of hydrogen-bond acceptors (Lipinski definition) is 4. The van der Waals surface area contributed by atoms with Gasteiger partial charge >= 0.3 is 0 Å². The van der Waals surface area contributed by atoms with Crippen molar-refractivity contribution >= 4 is 11.5 Å². The minimum atomic E-state index is -2.45. The Morgan fingerprint density at radius 3 is 2.66 bits per heavy atom. The van der Waals surface area contributed by atoms with Crippen molar-refractivity contribution in [2.45, 2.75) is 70.1 Å². The third-order valence-corrected chi connectivity index (χ3v) is 9.56. The molecule has 202 valence electrons. The maximum Gasteiger partial charge on any atom is 0.263 e. The highest BCUT2D eigenvalue weighted by Gasteiger charge is 2.44. The molecule has 0 amide bonds. The van der Waals surface area contributed by atoms with Crippen molar-refractivity contribution < 1.29 is 8.78 Å². The highest BCUT2D eigenvalue weighted by Crippen LogP contribution is 2.50. The lowest BCUT2D eigenvalue weighted by molar-refractivity contribution is 0.150. The Bertz CT molecular complexity index is 1220. The summed E-state index contributed by atoms with van der Waals surface area (Å²) in [6, 6.07) is 7.39. The summed E-state index contributed by atoms with van der Waals surface area (Å²) in [6.45, 7) is 15.0. The molecule has 0 bridgehead atoms. The monoisotopic (exact) mass is 518 g/mol. The van der Waals surface area contributed by atoms with E-state index in [1.807, 2.05) is 0 Å². The van der Waals surface area contributed by atoms with Gasteiger partial charge in [-0.1, -0.05) is 32.2 Å². The first-order valence-electron chi connectivity index (χ1n) is 14.4. The van der Waals surface area contributed by atoms with E-state index in [9.17, 15) is 8.78 Å². The molecular formula is C32H40F2N4. The average Bonchev–Trinajstić information content (AvgIpc) is 3.15. The zero-order valence-corrected chi connectivity index (χ0v) is 22.6. The topological polar surface area (TPSA) is 31.4 Å². The molecule has 1 aliphatic carbocycles. The van der Waals surface area contributed by atoms with Gasteiger partial charge in [0.05, 0.1) is 0 Å². The second kappa shape index (κ2) is 10.1. The number of fused-ring (bicyclic) bond motifs is 3. The van der Waals surface area contributed by atoms with Gasteiger partial charge in [-0.25, -0.2) is 13.8 Å². The Morgan fingerprint density at radius 2 is 1.92 bits per heavy atom. The Hall–Kier alpha value is -2.73. The maximum atomic E-state index is 13.4. The number of hydrogen-bond donors (Lipinski definition) is 1. The molecule has 0 unspecified atom stereocenters. The van der Waals surface area contributed by atoms with E-state index in [1.165, 1.54) is 35.7 Å². The van der Waals surface area contributed by atoms with E-state index in [0.717, 1.165) is 99.3 Å². The van der Waals surface area contributed by atoms with Crippen molar-refractivity contribution in [1.29, 1.82) is 0 Å². The fraction of sp³-hybridized carbons (Fsp3) is 0.531. The van der Waals surface area contributed by atoms with Gasteiger partial charge in [-0.05, 0) is 112 Å². The highest BCUT2D eigenvalue weighted by atomic mass is 19.3. The molecule has 6 rings (SSSR count). The summed E-state index contributed by atoms with van der Waals surface area (Å²) in [7, 11) is 0. The standard InChI is InChI=1S/C32H40F2N4/c1-21-15-25(16-21)20-38-22(2)6-7-27-17-24(19-35-31(27)38)5-4-12-37-13-10-32(11-14-37)23(3)36-29-9-8-26(30(33)34)18-28(29)32/h8-9,17-19,21,25,30,36H,2-7,10-16,20H2,1H3. The van der Waals surface area contributed by atoms with Crippen LogP contribution < -0.4 is 10.2 Å². The number of nitrogens with one attached hydrogen (secondary N) is 1. The van der Waals surface area contributed by atoms with Crippen molar-refractivity contribution in [3.05, 3.63) is 77.3 Å². The molecule has 2 fully saturated rings. The number of likely N-dealkylation sites (tertiary alicyclic amines) is 1. The molecule has 0 radical (unpaired) electrons. The Balaban J connectivity index is 1.04. The Labute approximate surface area is 225 Å². The fourth-order valence-corrected chi connectivity index (χ4v) is 7.26. The lowest BCUT2D eigenvalue weighted by atomic mass is 9.72. The second-order valence-corrected chi connectivity index (χ2v) is 12.2. The number of aryl methyl sites for hydroxylation is 2. The van der Waals surface area contributed by atoms with Gasteiger partial charge < -0.3 is 15.1 Å². The summed E-state index contributed by atoms with van der Waals surface area (Å²) >= 11 is 0. The molecule has 1 saturated carbocycles. The summed E-state index contributed by atoms with van der Waals surface area (Å²) in [5.41, 5.74) is 6.69. The number of nitrogens with zero attached hydrogens (tertiary/aromatic N) is 3. The summed E-state index contributed by atoms with van der Waals surface area (Å²) in [5, 5.41) is 3.38. The lowest BCUT2D eigenvalue weighted by Crippen LogP contribution is -2.43. The molecule has 4 nitrogen and oxygen atoms in total. The summed E-state index contributed by atoms with van der Waals surface area (Å²) in [5.74, 6) is 2.77. The van der Waals surface area contributed by atoms with E-state index in [0.29, 0.717) is 0 Å². The van der Waals surface area contributed by atoms with E-state index in [2.05, 4.69) is 47.5 Å². The normalized spacial score (nSPS) is 24.4. The minimum absolute atomic E-state index is 0.103. The van der Waals surface area contributed by atoms with Crippen LogP contribution >= 0.6 is 0 Å². The van der Waals surface area contributed by atoms with Gasteiger partial charge in [0.15, 0.2) is 0 Å². The van der Waals surface area contributed by atoms with Gasteiger partial charge in [0.25, 0.3) is 6.43 Å². The molecule has 4 heterocycles. The van der Waals surface area contributed by atoms with Gasteiger partial charge in [0, 0.05) is 40.8 Å². The average molecular weight is 519 g/mol. The molecular weight excluding hydrogens is 478 g/mol. The number of halogens is 2. The molecule has 1 saturated heterocycles. The zero-order chi connectivity index (χ0) is 26.4. The Kier molecular flexibility index (Phi) is 6.79. The first kappa shape index (κ1) is 25.5. The molecule has 1 aromatic heterocycles. The van der Waals surface area contributed by atoms with Crippen LogP contribution in [-0.2, 0) is 18.3 Å². The van der Waals surface area contributed by atoms with Crippen LogP contribution in [0.4, 0.5) is 20.3 Å². The van der Waals surface area contributed by atoms with Crippen LogP contribution in [0.5, 0.6) is 0 Å². The van der Waals surface area contributed by atoms with Gasteiger partial charge in [0.1, 0.15) is 5.82 Å². The number of aromatic nitrogens is 1. The predicted molar refractivity (Wildman–Crippen MR) is 151 cm³/mol. The molecule has 4 aliphatic rings. The molecule has 0 atom stereocenters. The van der Waals surface area contributed by atoms with Gasteiger partial charge in [-0.2, -0.15) is 0 Å². The predicted octanol–water partition coefficient (Wildman–Crippen LogP) is 7.24. The van der Waals surface area contributed by atoms with Gasteiger partial charge in [-0.15, -0.1) is 0 Å². The number of rotatable bonds is 7. The van der Waals surface area contributed by atoms with Crippen molar-refractivity contribution in [1.82, 2.24) is 9.88 Å². The van der Waals surface area contributed by atoms with E-state index in [1.54, 1.807) is 12.1 Å².